The van der Waals surface area contributed by atoms with Crippen molar-refractivity contribution in [1.29, 1.82) is 0 Å². The van der Waals surface area contributed by atoms with E-state index in [1.54, 1.807) is 0 Å². The van der Waals surface area contributed by atoms with Crippen LogP contribution in [0, 0.1) is 0 Å². The average Bonchev–Trinajstić information content (AvgIpc) is 2.16. The van der Waals surface area contributed by atoms with Gasteiger partial charge < -0.3 is 0 Å². The van der Waals surface area contributed by atoms with Crippen LogP contribution in [-0.4, -0.2) is 0 Å². The van der Waals surface area contributed by atoms with Crippen LogP contribution in [0.1, 0.15) is 0 Å². The number of halogens is 4. The predicted octanol–water partition coefficient (Wildman–Crippen LogP) is 3.41. The van der Waals surface area contributed by atoms with Gasteiger partial charge in [-0.2, -0.15) is 8.78 Å². The van der Waals surface area contributed by atoms with E-state index in [-0.39, 0.29) is 0 Å². The fourth-order valence-corrected chi connectivity index (χ4v) is 0.667. The molecule has 64 valence electrons. The maximum absolute atomic E-state index is 12.4. The zero-order valence-electron chi connectivity index (χ0n) is 5.82. The van der Waals surface area contributed by atoms with Crippen molar-refractivity contribution in [3.63, 3.8) is 0 Å². The maximum atomic E-state index is 12.4. The van der Waals surface area contributed by atoms with Crippen LogP contribution >= 0.6 is 0 Å². The minimum Gasteiger partial charge on any atom is -0.204 e. The van der Waals surface area contributed by atoms with E-state index in [1.807, 2.05) is 0 Å². The molecule has 0 nitrogen and oxygen atoms in total. The molecule has 1 aliphatic rings. The number of rotatable bonds is 0. The van der Waals surface area contributed by atoms with Gasteiger partial charge in [-0.15, -0.1) is 0 Å². The molecule has 0 radical (unpaired) electrons. The van der Waals surface area contributed by atoms with Crippen molar-refractivity contribution in [2.75, 3.05) is 0 Å². The van der Waals surface area contributed by atoms with E-state index < -0.39 is 23.3 Å². The molecule has 0 aliphatic heterocycles. The third kappa shape index (κ3) is 1.84. The summed E-state index contributed by atoms with van der Waals surface area (Å²) >= 11 is 0. The maximum Gasteiger partial charge on any atom is 0.277 e. The Balaban J connectivity index is 3.07. The normalized spacial score (nSPS) is 16.8. The molecule has 0 atom stereocenters. The Bertz CT molecular complexity index is 279. The van der Waals surface area contributed by atoms with E-state index in [0.717, 1.165) is 12.2 Å². The van der Waals surface area contributed by atoms with Crippen molar-refractivity contribution in [3.05, 3.63) is 47.6 Å². The van der Waals surface area contributed by atoms with Crippen LogP contribution in [-0.2, 0) is 0 Å². The summed E-state index contributed by atoms with van der Waals surface area (Å²) in [6, 6.07) is 0. The highest BCUT2D eigenvalue weighted by Gasteiger charge is 2.06. The molecule has 0 heterocycles. The van der Waals surface area contributed by atoms with Crippen molar-refractivity contribution in [3.8, 4) is 0 Å². The molecule has 0 aromatic carbocycles. The summed E-state index contributed by atoms with van der Waals surface area (Å²) < 4.78 is 48.5. The molecule has 4 heteroatoms. The second-order valence-electron chi connectivity index (χ2n) is 2.08. The first-order valence-electron chi connectivity index (χ1n) is 3.08. The zero-order valence-corrected chi connectivity index (χ0v) is 5.82. The highest BCUT2D eigenvalue weighted by Crippen LogP contribution is 2.20. The van der Waals surface area contributed by atoms with Crippen LogP contribution in [0.3, 0.4) is 0 Å². The Labute approximate surface area is 66.2 Å². The Morgan fingerprint density at radius 2 is 1.25 bits per heavy atom. The van der Waals surface area contributed by atoms with Crippen LogP contribution < -0.4 is 0 Å². The minimum absolute atomic E-state index is 0.488. The molecule has 0 saturated carbocycles. The third-order valence-corrected chi connectivity index (χ3v) is 1.26. The Morgan fingerprint density at radius 3 is 1.58 bits per heavy atom. The highest BCUT2D eigenvalue weighted by atomic mass is 19.3. The lowest BCUT2D eigenvalue weighted by Gasteiger charge is -1.86. The quantitative estimate of drug-likeness (QED) is 0.496. The molecule has 0 spiro atoms. The van der Waals surface area contributed by atoms with Gasteiger partial charge in [0.1, 0.15) is 0 Å². The van der Waals surface area contributed by atoms with Gasteiger partial charge >= 0.3 is 0 Å². The Morgan fingerprint density at radius 1 is 0.833 bits per heavy atom. The number of allylic oxidation sites excluding steroid dienone is 7. The van der Waals surface area contributed by atoms with E-state index in [9.17, 15) is 17.6 Å². The fraction of sp³-hybridized carbons (Fsp3) is 0. The molecule has 0 amide bonds. The summed E-state index contributed by atoms with van der Waals surface area (Å²) in [6.45, 7) is 0. The van der Waals surface area contributed by atoms with Gasteiger partial charge in [-0.05, 0) is 24.3 Å². The lowest BCUT2D eigenvalue weighted by Crippen LogP contribution is -1.71. The molecule has 1 rings (SSSR count). The van der Waals surface area contributed by atoms with E-state index in [2.05, 4.69) is 0 Å². The van der Waals surface area contributed by atoms with Gasteiger partial charge in [0, 0.05) is 5.57 Å². The first-order valence-corrected chi connectivity index (χ1v) is 3.08. The molecule has 12 heavy (non-hydrogen) atoms. The molecule has 0 saturated heterocycles. The Hall–Kier alpha value is -1.32. The van der Waals surface area contributed by atoms with E-state index in [1.165, 1.54) is 0 Å². The molecule has 0 fully saturated rings. The second kappa shape index (κ2) is 3.38. The van der Waals surface area contributed by atoms with Crippen molar-refractivity contribution < 1.29 is 17.6 Å². The summed E-state index contributed by atoms with van der Waals surface area (Å²) in [6.07, 6.45) is 0.972. The lowest BCUT2D eigenvalue weighted by molar-refractivity contribution is 0.417. The topological polar surface area (TPSA) is 0 Å². The van der Waals surface area contributed by atoms with E-state index in [4.69, 9.17) is 0 Å². The molecule has 0 aromatic heterocycles. The van der Waals surface area contributed by atoms with Gasteiger partial charge in [0.05, 0.1) is 0 Å². The fourth-order valence-electron chi connectivity index (χ4n) is 0.667. The highest BCUT2D eigenvalue weighted by molar-refractivity contribution is 5.41. The van der Waals surface area contributed by atoms with Crippen LogP contribution in [0.15, 0.2) is 47.6 Å². The first-order chi connectivity index (χ1) is 5.61. The lowest BCUT2D eigenvalue weighted by atomic mass is 10.2. The average molecular weight is 176 g/mol. The predicted molar refractivity (Wildman–Crippen MR) is 36.8 cm³/mol. The summed E-state index contributed by atoms with van der Waals surface area (Å²) in [4.78, 5) is 0. The summed E-state index contributed by atoms with van der Waals surface area (Å²) in [5, 5.41) is 0. The van der Waals surface area contributed by atoms with Crippen LogP contribution in [0.5, 0.6) is 0 Å². The van der Waals surface area contributed by atoms with Gasteiger partial charge in [0.15, 0.2) is 11.7 Å². The number of hydrogen-bond donors (Lipinski definition) is 0. The molecule has 0 N–H and O–H groups in total. The van der Waals surface area contributed by atoms with E-state index >= 15 is 0 Å². The van der Waals surface area contributed by atoms with Gasteiger partial charge in [-0.1, -0.05) is 0 Å². The molecule has 0 bridgehead atoms. The van der Waals surface area contributed by atoms with Gasteiger partial charge in [-0.25, -0.2) is 8.78 Å². The van der Waals surface area contributed by atoms with Crippen LogP contribution in [0.2, 0.25) is 0 Å². The molecule has 1 aliphatic carbocycles. The van der Waals surface area contributed by atoms with E-state index in [0.29, 0.717) is 12.2 Å². The first kappa shape index (κ1) is 8.77. The zero-order chi connectivity index (χ0) is 9.14. The summed E-state index contributed by atoms with van der Waals surface area (Å²) in [5.74, 6) is -2.30. The van der Waals surface area contributed by atoms with Crippen LogP contribution in [0.4, 0.5) is 17.6 Å². The van der Waals surface area contributed by atoms with Crippen LogP contribution in [0.25, 0.3) is 0 Å². The Kier molecular flexibility index (Phi) is 2.47. The standard InChI is InChI=1S/C8H4F4/c9-6-3-1-5(8(11)12)2-4-7(6)10/h1-4H. The van der Waals surface area contributed by atoms with Crippen molar-refractivity contribution >= 4 is 0 Å². The molecular formula is C8H4F4. The minimum atomic E-state index is -1.97. The van der Waals surface area contributed by atoms with Gasteiger partial charge in [-0.3, -0.25) is 0 Å². The van der Waals surface area contributed by atoms with Gasteiger partial charge in [0.2, 0.25) is 0 Å². The summed E-state index contributed by atoms with van der Waals surface area (Å²) in [7, 11) is 0. The van der Waals surface area contributed by atoms with Crippen molar-refractivity contribution in [2.45, 2.75) is 0 Å². The van der Waals surface area contributed by atoms with Gasteiger partial charge in [0.25, 0.3) is 6.08 Å². The number of hydrogen-bond acceptors (Lipinski definition) is 0. The van der Waals surface area contributed by atoms with Crippen molar-refractivity contribution in [2.24, 2.45) is 0 Å². The monoisotopic (exact) mass is 176 g/mol. The SMILES string of the molecule is FC(F)=C1C=CC(F)=C(F)C=C1. The smallest absolute Gasteiger partial charge is 0.204 e. The molecule has 0 unspecified atom stereocenters. The molecule has 0 aromatic rings. The summed E-state index contributed by atoms with van der Waals surface area (Å²) in [5.41, 5.74) is -0.488. The largest absolute Gasteiger partial charge is 0.277 e. The van der Waals surface area contributed by atoms with Crippen molar-refractivity contribution in [1.82, 2.24) is 0 Å². The third-order valence-electron chi connectivity index (χ3n) is 1.26. The molecular weight excluding hydrogens is 172 g/mol. The second-order valence-corrected chi connectivity index (χ2v) is 2.08.